The highest BCUT2D eigenvalue weighted by molar-refractivity contribution is 7.18. The number of benzene rings is 1. The molecule has 0 amide bonds. The van der Waals surface area contributed by atoms with Crippen molar-refractivity contribution in [3.8, 4) is 28.1 Å². The van der Waals surface area contributed by atoms with E-state index in [-0.39, 0.29) is 41.1 Å². The summed E-state index contributed by atoms with van der Waals surface area (Å²) < 4.78 is 50.0. The zero-order chi connectivity index (χ0) is 32.0. The van der Waals surface area contributed by atoms with Crippen LogP contribution in [0.25, 0.3) is 43.6 Å². The van der Waals surface area contributed by atoms with Crippen LogP contribution in [-0.4, -0.2) is 42.2 Å². The van der Waals surface area contributed by atoms with Crippen molar-refractivity contribution in [2.45, 2.75) is 26.6 Å². The van der Waals surface area contributed by atoms with Gasteiger partial charge in [0.15, 0.2) is 5.52 Å². The maximum absolute atomic E-state index is 14.0. The molecule has 14 heteroatoms. The van der Waals surface area contributed by atoms with Crippen LogP contribution in [0.1, 0.15) is 27.4 Å². The van der Waals surface area contributed by atoms with E-state index in [0.717, 1.165) is 6.07 Å². The second-order valence-electron chi connectivity index (χ2n) is 10.0. The second kappa shape index (κ2) is 11.6. The van der Waals surface area contributed by atoms with Crippen molar-refractivity contribution >= 4 is 50.2 Å². The first-order chi connectivity index (χ1) is 21.4. The highest BCUT2D eigenvalue weighted by Crippen LogP contribution is 2.40. The average Bonchev–Trinajstić information content (AvgIpc) is 3.42. The van der Waals surface area contributed by atoms with E-state index in [1.807, 2.05) is 6.07 Å². The predicted molar refractivity (Wildman–Crippen MR) is 164 cm³/mol. The molecule has 228 valence electrons. The molecular formula is C31H21ClF3N5O4S. The number of halogens is 4. The largest absolute Gasteiger partial charge is 0.491 e. The molecule has 1 aromatic carbocycles. The summed E-state index contributed by atoms with van der Waals surface area (Å²) in [6.07, 6.45) is -2.04. The number of ether oxygens (including phenoxy) is 1. The SMILES string of the molecule is Cc1cc(-c2cc(Cl)ccc2OCCn2c(C)nc3cc(C(F)(F)F)c(-c4ccncc4)nc3c2=O)c2scc(C(=O)O)c2n1. The molecule has 1 N–H and O–H groups in total. The number of hydrogen-bond donors (Lipinski definition) is 1. The predicted octanol–water partition coefficient (Wildman–Crippen LogP) is 7.20. The van der Waals surface area contributed by atoms with Crippen LogP contribution < -0.4 is 10.3 Å². The molecule has 0 spiro atoms. The van der Waals surface area contributed by atoms with Crippen LogP contribution in [-0.2, 0) is 12.7 Å². The molecular weight excluding hydrogens is 631 g/mol. The number of aromatic carboxylic acids is 1. The molecule has 0 aliphatic carbocycles. The lowest BCUT2D eigenvalue weighted by molar-refractivity contribution is -0.137. The second-order valence-corrected chi connectivity index (χ2v) is 11.4. The molecule has 0 unspecified atom stereocenters. The lowest BCUT2D eigenvalue weighted by Crippen LogP contribution is -2.27. The molecule has 6 rings (SSSR count). The minimum Gasteiger partial charge on any atom is -0.491 e. The summed E-state index contributed by atoms with van der Waals surface area (Å²) in [5, 5.41) is 11.6. The van der Waals surface area contributed by atoms with Gasteiger partial charge in [0, 0.05) is 45.2 Å². The van der Waals surface area contributed by atoms with Gasteiger partial charge in [-0.05, 0) is 56.3 Å². The molecule has 0 fully saturated rings. The Labute approximate surface area is 261 Å². The number of hydrogen-bond acceptors (Lipinski definition) is 8. The Balaban J connectivity index is 1.36. The normalized spacial score (nSPS) is 11.8. The van der Waals surface area contributed by atoms with E-state index in [1.165, 1.54) is 52.7 Å². The van der Waals surface area contributed by atoms with E-state index in [1.54, 1.807) is 25.1 Å². The topological polar surface area (TPSA) is 120 Å². The first-order valence-electron chi connectivity index (χ1n) is 13.4. The molecule has 9 nitrogen and oxygen atoms in total. The van der Waals surface area contributed by atoms with Gasteiger partial charge in [-0.3, -0.25) is 19.3 Å². The number of carboxylic acids is 1. The molecule has 5 aromatic heterocycles. The minimum atomic E-state index is -4.73. The van der Waals surface area contributed by atoms with Crippen LogP contribution in [0.15, 0.2) is 65.0 Å². The lowest BCUT2D eigenvalue weighted by atomic mass is 10.0. The van der Waals surface area contributed by atoms with Crippen molar-refractivity contribution in [3.05, 3.63) is 98.3 Å². The standard InChI is InChI=1S/C31H21ClF3N5O4S/c1-15-11-20(28-26(37-15)21(14-45-28)30(42)43)19-12-18(32)3-4-24(19)44-10-9-40-16(2)38-23-13-22(31(33,34)35)25(39-27(23)29(40)41)17-5-7-36-8-6-17/h3-8,11-14H,9-10H2,1-2H3,(H,42,43). The van der Waals surface area contributed by atoms with E-state index >= 15 is 0 Å². The molecule has 0 atom stereocenters. The zero-order valence-corrected chi connectivity index (χ0v) is 25.1. The quantitative estimate of drug-likeness (QED) is 0.193. The van der Waals surface area contributed by atoms with Crippen molar-refractivity contribution < 1.29 is 27.8 Å². The highest BCUT2D eigenvalue weighted by Gasteiger charge is 2.35. The summed E-state index contributed by atoms with van der Waals surface area (Å²) in [7, 11) is 0. The fourth-order valence-electron chi connectivity index (χ4n) is 5.04. The molecule has 5 heterocycles. The number of carbonyl (C=O) groups is 1. The van der Waals surface area contributed by atoms with Gasteiger partial charge in [0.2, 0.25) is 0 Å². The van der Waals surface area contributed by atoms with Crippen molar-refractivity contribution in [1.82, 2.24) is 24.5 Å². The number of pyridine rings is 3. The summed E-state index contributed by atoms with van der Waals surface area (Å²) in [6.45, 7) is 3.27. The number of rotatable bonds is 7. The van der Waals surface area contributed by atoms with Gasteiger partial charge >= 0.3 is 12.1 Å². The van der Waals surface area contributed by atoms with Gasteiger partial charge in [0.05, 0.1) is 39.1 Å². The number of aryl methyl sites for hydroxylation is 2. The van der Waals surface area contributed by atoms with Gasteiger partial charge in [-0.1, -0.05) is 11.6 Å². The Kier molecular flexibility index (Phi) is 7.75. The van der Waals surface area contributed by atoms with Gasteiger partial charge in [-0.25, -0.2) is 14.8 Å². The van der Waals surface area contributed by atoms with Crippen molar-refractivity contribution in [2.75, 3.05) is 6.61 Å². The van der Waals surface area contributed by atoms with E-state index in [2.05, 4.69) is 19.9 Å². The van der Waals surface area contributed by atoms with Crippen molar-refractivity contribution in [1.29, 1.82) is 0 Å². The smallest absolute Gasteiger partial charge is 0.418 e. The van der Waals surface area contributed by atoms with E-state index in [0.29, 0.717) is 37.8 Å². The van der Waals surface area contributed by atoms with Gasteiger partial charge in [0.25, 0.3) is 5.56 Å². The molecule has 6 aromatic rings. The Morgan fingerprint density at radius 2 is 1.78 bits per heavy atom. The zero-order valence-electron chi connectivity index (χ0n) is 23.5. The van der Waals surface area contributed by atoms with E-state index in [9.17, 15) is 27.9 Å². The molecule has 0 bridgehead atoms. The Bertz CT molecular complexity index is 2190. The number of carboxylic acid groups (broad SMARTS) is 1. The lowest BCUT2D eigenvalue weighted by Gasteiger charge is -2.16. The van der Waals surface area contributed by atoms with Gasteiger partial charge in [0.1, 0.15) is 18.2 Å². The Morgan fingerprint density at radius 1 is 1.02 bits per heavy atom. The molecule has 45 heavy (non-hydrogen) atoms. The Hall–Kier alpha value is -4.88. The number of aromatic nitrogens is 5. The first-order valence-corrected chi connectivity index (χ1v) is 14.6. The fraction of sp³-hybridized carbons (Fsp3) is 0.161. The van der Waals surface area contributed by atoms with Crippen LogP contribution in [0, 0.1) is 13.8 Å². The minimum absolute atomic E-state index is 0.00984. The fourth-order valence-corrected chi connectivity index (χ4v) is 6.22. The third kappa shape index (κ3) is 5.71. The summed E-state index contributed by atoms with van der Waals surface area (Å²) in [6, 6.07) is 10.4. The monoisotopic (exact) mass is 651 g/mol. The van der Waals surface area contributed by atoms with Crippen LogP contribution in [0.5, 0.6) is 5.75 Å². The van der Waals surface area contributed by atoms with E-state index < -0.39 is 29.0 Å². The van der Waals surface area contributed by atoms with E-state index in [4.69, 9.17) is 16.3 Å². The average molecular weight is 652 g/mol. The van der Waals surface area contributed by atoms with Crippen molar-refractivity contribution in [2.24, 2.45) is 0 Å². The van der Waals surface area contributed by atoms with Crippen molar-refractivity contribution in [3.63, 3.8) is 0 Å². The maximum Gasteiger partial charge on any atom is 0.418 e. The van der Waals surface area contributed by atoms with Gasteiger partial charge in [-0.2, -0.15) is 13.2 Å². The van der Waals surface area contributed by atoms with Crippen LogP contribution >= 0.6 is 22.9 Å². The first kappa shape index (κ1) is 30.2. The number of nitrogens with zero attached hydrogens (tertiary/aromatic N) is 5. The summed E-state index contributed by atoms with van der Waals surface area (Å²) >= 11 is 7.58. The van der Waals surface area contributed by atoms with Gasteiger partial charge in [-0.15, -0.1) is 11.3 Å². The summed E-state index contributed by atoms with van der Waals surface area (Å²) in [4.78, 5) is 42.0. The summed E-state index contributed by atoms with van der Waals surface area (Å²) in [5.74, 6) is -0.482. The maximum atomic E-state index is 14.0. The van der Waals surface area contributed by atoms with Crippen LogP contribution in [0.4, 0.5) is 13.2 Å². The number of fused-ring (bicyclic) bond motifs is 2. The summed E-state index contributed by atoms with van der Waals surface area (Å²) in [5.41, 5.74) is 0.0686. The molecule has 0 radical (unpaired) electrons. The third-order valence-electron chi connectivity index (χ3n) is 7.07. The van der Waals surface area contributed by atoms with Crippen LogP contribution in [0.3, 0.4) is 0 Å². The molecule has 0 saturated carbocycles. The molecule has 0 saturated heterocycles. The third-order valence-corrected chi connectivity index (χ3v) is 8.31. The van der Waals surface area contributed by atoms with Gasteiger partial charge < -0.3 is 9.84 Å². The Morgan fingerprint density at radius 3 is 2.49 bits per heavy atom. The highest BCUT2D eigenvalue weighted by atomic mass is 35.5. The van der Waals surface area contributed by atoms with Crippen LogP contribution in [0.2, 0.25) is 5.02 Å². The molecule has 0 aliphatic heterocycles. The number of thiophene rings is 1. The molecule has 0 aliphatic rings. The number of alkyl halides is 3.